The molecule has 5 nitrogen and oxygen atoms in total. The maximum absolute atomic E-state index is 12.3. The SMILES string of the molecule is Nc1cccc(S(=O)(=O)Nc2cnc3ccccc3c2)c1. The average molecular weight is 299 g/mol. The lowest BCUT2D eigenvalue weighted by molar-refractivity contribution is 0.601. The number of benzene rings is 2. The second-order valence-corrected chi connectivity index (χ2v) is 6.28. The number of nitrogens with zero attached hydrogens (tertiary/aromatic N) is 1. The summed E-state index contributed by atoms with van der Waals surface area (Å²) < 4.78 is 27.1. The van der Waals surface area contributed by atoms with Crippen LogP contribution in [0.5, 0.6) is 0 Å². The van der Waals surface area contributed by atoms with Crippen LogP contribution in [0.4, 0.5) is 11.4 Å². The van der Waals surface area contributed by atoms with E-state index >= 15 is 0 Å². The molecule has 0 radical (unpaired) electrons. The summed E-state index contributed by atoms with van der Waals surface area (Å²) in [6.45, 7) is 0. The lowest BCUT2D eigenvalue weighted by Gasteiger charge is -2.09. The Bertz CT molecular complexity index is 907. The van der Waals surface area contributed by atoms with Crippen molar-refractivity contribution in [2.45, 2.75) is 4.90 Å². The minimum absolute atomic E-state index is 0.121. The molecule has 0 aliphatic rings. The summed E-state index contributed by atoms with van der Waals surface area (Å²) in [6, 6.07) is 15.4. The summed E-state index contributed by atoms with van der Waals surface area (Å²) in [4.78, 5) is 4.35. The van der Waals surface area contributed by atoms with Gasteiger partial charge >= 0.3 is 0 Å². The molecule has 2 aromatic carbocycles. The van der Waals surface area contributed by atoms with Crippen LogP contribution in [0.1, 0.15) is 0 Å². The Labute approximate surface area is 122 Å². The van der Waals surface area contributed by atoms with E-state index < -0.39 is 10.0 Å². The van der Waals surface area contributed by atoms with Crippen LogP contribution in [0.15, 0.2) is 65.7 Å². The molecular weight excluding hydrogens is 286 g/mol. The predicted octanol–water partition coefficient (Wildman–Crippen LogP) is 2.62. The van der Waals surface area contributed by atoms with Gasteiger partial charge in [-0.05, 0) is 30.3 Å². The van der Waals surface area contributed by atoms with Crippen LogP contribution in [0.3, 0.4) is 0 Å². The van der Waals surface area contributed by atoms with E-state index in [1.807, 2.05) is 24.3 Å². The Morgan fingerprint density at radius 2 is 1.81 bits per heavy atom. The smallest absolute Gasteiger partial charge is 0.262 e. The monoisotopic (exact) mass is 299 g/mol. The Morgan fingerprint density at radius 3 is 2.62 bits per heavy atom. The first-order valence-electron chi connectivity index (χ1n) is 6.28. The first kappa shape index (κ1) is 13.4. The third-order valence-electron chi connectivity index (χ3n) is 3.01. The van der Waals surface area contributed by atoms with Crippen LogP contribution in [-0.2, 0) is 10.0 Å². The van der Waals surface area contributed by atoms with Crippen molar-refractivity contribution in [3.05, 3.63) is 60.8 Å². The number of nitrogens with one attached hydrogen (secondary N) is 1. The van der Waals surface area contributed by atoms with Crippen LogP contribution in [-0.4, -0.2) is 13.4 Å². The molecule has 106 valence electrons. The average Bonchev–Trinajstić information content (AvgIpc) is 2.47. The molecule has 21 heavy (non-hydrogen) atoms. The second-order valence-electron chi connectivity index (χ2n) is 4.59. The molecule has 0 unspecified atom stereocenters. The summed E-state index contributed by atoms with van der Waals surface area (Å²) in [7, 11) is -3.67. The standard InChI is InChI=1S/C15H13N3O2S/c16-12-5-3-6-14(9-12)21(19,20)18-13-8-11-4-1-2-7-15(11)17-10-13/h1-10,18H,16H2. The number of para-hydroxylation sites is 1. The quantitative estimate of drug-likeness (QED) is 0.728. The molecule has 0 aliphatic carbocycles. The van der Waals surface area contributed by atoms with Crippen molar-refractivity contribution in [2.24, 2.45) is 0 Å². The Morgan fingerprint density at radius 1 is 1.00 bits per heavy atom. The summed E-state index contributed by atoms with van der Waals surface area (Å²) >= 11 is 0. The van der Waals surface area contributed by atoms with E-state index in [2.05, 4.69) is 9.71 Å². The van der Waals surface area contributed by atoms with Crippen molar-refractivity contribution in [1.82, 2.24) is 4.98 Å². The molecule has 0 amide bonds. The van der Waals surface area contributed by atoms with Gasteiger partial charge in [0.25, 0.3) is 10.0 Å². The third-order valence-corrected chi connectivity index (χ3v) is 4.39. The molecule has 0 fully saturated rings. The van der Waals surface area contributed by atoms with Crippen molar-refractivity contribution in [3.63, 3.8) is 0 Å². The molecule has 1 aromatic heterocycles. The van der Waals surface area contributed by atoms with Gasteiger partial charge in [0, 0.05) is 11.1 Å². The van der Waals surface area contributed by atoms with E-state index in [9.17, 15) is 8.42 Å². The van der Waals surface area contributed by atoms with Crippen molar-refractivity contribution < 1.29 is 8.42 Å². The molecule has 3 N–H and O–H groups in total. The summed E-state index contributed by atoms with van der Waals surface area (Å²) in [5.74, 6) is 0. The molecule has 3 aromatic rings. The normalized spacial score (nSPS) is 11.4. The molecule has 0 atom stereocenters. The summed E-state index contributed by atoms with van der Waals surface area (Å²) in [6.07, 6.45) is 1.49. The first-order valence-corrected chi connectivity index (χ1v) is 7.76. The van der Waals surface area contributed by atoms with E-state index in [0.717, 1.165) is 10.9 Å². The van der Waals surface area contributed by atoms with Crippen LogP contribution >= 0.6 is 0 Å². The van der Waals surface area contributed by atoms with Gasteiger partial charge in [-0.15, -0.1) is 0 Å². The number of pyridine rings is 1. The molecule has 3 rings (SSSR count). The number of aromatic nitrogens is 1. The van der Waals surface area contributed by atoms with Gasteiger partial charge in [0.15, 0.2) is 0 Å². The molecule has 0 spiro atoms. The molecular formula is C15H13N3O2S. The fraction of sp³-hybridized carbons (Fsp3) is 0. The van der Waals surface area contributed by atoms with Gasteiger partial charge in [-0.1, -0.05) is 24.3 Å². The zero-order valence-corrected chi connectivity index (χ0v) is 11.8. The van der Waals surface area contributed by atoms with E-state index in [4.69, 9.17) is 5.73 Å². The van der Waals surface area contributed by atoms with Gasteiger partial charge in [0.05, 0.1) is 22.3 Å². The molecule has 0 aliphatic heterocycles. The van der Waals surface area contributed by atoms with Crippen LogP contribution in [0.25, 0.3) is 10.9 Å². The molecule has 6 heteroatoms. The van der Waals surface area contributed by atoms with E-state index in [1.165, 1.54) is 18.3 Å². The number of sulfonamides is 1. The van der Waals surface area contributed by atoms with Crippen molar-refractivity contribution in [1.29, 1.82) is 0 Å². The van der Waals surface area contributed by atoms with Crippen LogP contribution < -0.4 is 10.5 Å². The van der Waals surface area contributed by atoms with Gasteiger partial charge in [-0.3, -0.25) is 9.71 Å². The highest BCUT2D eigenvalue weighted by Gasteiger charge is 2.14. The fourth-order valence-electron chi connectivity index (χ4n) is 2.02. The minimum Gasteiger partial charge on any atom is -0.399 e. The van der Waals surface area contributed by atoms with Gasteiger partial charge < -0.3 is 5.73 Å². The minimum atomic E-state index is -3.67. The van der Waals surface area contributed by atoms with Gasteiger partial charge in [-0.25, -0.2) is 8.42 Å². The fourth-order valence-corrected chi connectivity index (χ4v) is 3.11. The van der Waals surface area contributed by atoms with Crippen molar-refractivity contribution in [2.75, 3.05) is 10.5 Å². The number of hydrogen-bond acceptors (Lipinski definition) is 4. The van der Waals surface area contributed by atoms with Gasteiger partial charge in [-0.2, -0.15) is 0 Å². The van der Waals surface area contributed by atoms with Crippen LogP contribution in [0.2, 0.25) is 0 Å². The maximum atomic E-state index is 12.3. The number of nitrogens with two attached hydrogens (primary N) is 1. The summed E-state index contributed by atoms with van der Waals surface area (Å²) in [5, 5.41) is 0.866. The van der Waals surface area contributed by atoms with Gasteiger partial charge in [0.2, 0.25) is 0 Å². The number of nitrogen functional groups attached to an aromatic ring is 1. The molecule has 0 saturated heterocycles. The largest absolute Gasteiger partial charge is 0.399 e. The number of hydrogen-bond donors (Lipinski definition) is 2. The Balaban J connectivity index is 1.97. The Hall–Kier alpha value is -2.60. The second kappa shape index (κ2) is 5.06. The highest BCUT2D eigenvalue weighted by Crippen LogP contribution is 2.20. The topological polar surface area (TPSA) is 85.1 Å². The van der Waals surface area contributed by atoms with E-state index in [0.29, 0.717) is 11.4 Å². The summed E-state index contributed by atoms with van der Waals surface area (Å²) in [5.41, 5.74) is 7.24. The predicted molar refractivity (Wildman–Crippen MR) is 83.4 cm³/mol. The van der Waals surface area contributed by atoms with Crippen molar-refractivity contribution >= 4 is 32.3 Å². The lowest BCUT2D eigenvalue weighted by Crippen LogP contribution is -2.13. The Kier molecular flexibility index (Phi) is 3.23. The molecule has 0 saturated carbocycles. The van der Waals surface area contributed by atoms with Gasteiger partial charge in [0.1, 0.15) is 0 Å². The van der Waals surface area contributed by atoms with Crippen LogP contribution in [0, 0.1) is 0 Å². The number of anilines is 2. The number of rotatable bonds is 3. The third kappa shape index (κ3) is 2.80. The lowest BCUT2D eigenvalue weighted by atomic mass is 10.2. The van der Waals surface area contributed by atoms with Crippen molar-refractivity contribution in [3.8, 4) is 0 Å². The zero-order valence-electron chi connectivity index (χ0n) is 11.0. The maximum Gasteiger partial charge on any atom is 0.262 e. The number of fused-ring (bicyclic) bond motifs is 1. The van der Waals surface area contributed by atoms with E-state index in [-0.39, 0.29) is 4.90 Å². The molecule has 0 bridgehead atoms. The van der Waals surface area contributed by atoms with E-state index in [1.54, 1.807) is 18.2 Å². The highest BCUT2D eigenvalue weighted by molar-refractivity contribution is 7.92. The highest BCUT2D eigenvalue weighted by atomic mass is 32.2. The first-order chi connectivity index (χ1) is 10.0. The zero-order chi connectivity index (χ0) is 14.9. The molecule has 1 heterocycles.